The summed E-state index contributed by atoms with van der Waals surface area (Å²) in [5.74, 6) is 0. The van der Waals surface area contributed by atoms with Crippen LogP contribution < -0.4 is 0 Å². The molecule has 0 aliphatic carbocycles. The maximum Gasteiger partial charge on any atom is 0.434 e. The Morgan fingerprint density at radius 2 is 1.58 bits per heavy atom. The predicted octanol–water partition coefficient (Wildman–Crippen LogP) is 4.88. The Balaban J connectivity index is 2.83. The van der Waals surface area contributed by atoms with Gasteiger partial charge in [0.1, 0.15) is 0 Å². The van der Waals surface area contributed by atoms with Gasteiger partial charge in [-0.2, -0.15) is 26.3 Å². The van der Waals surface area contributed by atoms with E-state index in [1.807, 2.05) is 0 Å². The highest BCUT2D eigenvalue weighted by Gasteiger charge is 2.38. The standard InChI is InChI=1S/C11H4F6IN/c12-10(13,14)6-3-1-2-5-4-7(18)9(11(15,16)17)19-8(5)6/h1-4H. The van der Waals surface area contributed by atoms with Gasteiger partial charge in [0.05, 0.1) is 11.1 Å². The highest BCUT2D eigenvalue weighted by Crippen LogP contribution is 2.37. The van der Waals surface area contributed by atoms with Gasteiger partial charge in [-0.15, -0.1) is 0 Å². The molecular formula is C11H4F6IN. The van der Waals surface area contributed by atoms with Crippen LogP contribution >= 0.6 is 22.6 Å². The van der Waals surface area contributed by atoms with Crippen LogP contribution in [0.4, 0.5) is 26.3 Å². The van der Waals surface area contributed by atoms with Crippen molar-refractivity contribution >= 4 is 33.5 Å². The molecule has 0 spiro atoms. The minimum Gasteiger partial charge on any atom is -0.242 e. The van der Waals surface area contributed by atoms with Crippen LogP contribution in [0.2, 0.25) is 0 Å². The number of hydrogen-bond donors (Lipinski definition) is 0. The van der Waals surface area contributed by atoms with E-state index in [4.69, 9.17) is 0 Å². The number of aromatic nitrogens is 1. The Hall–Kier alpha value is -1.06. The smallest absolute Gasteiger partial charge is 0.242 e. The van der Waals surface area contributed by atoms with Crippen molar-refractivity contribution in [1.29, 1.82) is 0 Å². The first-order chi connectivity index (χ1) is 8.60. The molecule has 2 aromatic rings. The van der Waals surface area contributed by atoms with E-state index in [2.05, 4.69) is 4.98 Å². The fraction of sp³-hybridized carbons (Fsp3) is 0.182. The summed E-state index contributed by atoms with van der Waals surface area (Å²) in [6, 6.07) is 4.18. The first-order valence-electron chi connectivity index (χ1n) is 4.84. The van der Waals surface area contributed by atoms with E-state index in [9.17, 15) is 26.3 Å². The second kappa shape index (κ2) is 4.50. The molecule has 1 aromatic carbocycles. The fourth-order valence-corrected chi connectivity index (χ4v) is 2.36. The average molecular weight is 391 g/mol. The number of benzene rings is 1. The topological polar surface area (TPSA) is 12.9 Å². The zero-order valence-electron chi connectivity index (χ0n) is 8.90. The first-order valence-corrected chi connectivity index (χ1v) is 5.92. The van der Waals surface area contributed by atoms with Crippen molar-refractivity contribution in [2.45, 2.75) is 12.4 Å². The van der Waals surface area contributed by atoms with Gasteiger partial charge in [-0.3, -0.25) is 0 Å². The van der Waals surface area contributed by atoms with Crippen LogP contribution in [0.3, 0.4) is 0 Å². The lowest BCUT2D eigenvalue weighted by atomic mass is 10.1. The second-order valence-corrected chi connectivity index (χ2v) is 4.85. The molecule has 0 saturated heterocycles. The van der Waals surface area contributed by atoms with Gasteiger partial charge in [0, 0.05) is 8.96 Å². The van der Waals surface area contributed by atoms with E-state index in [-0.39, 0.29) is 8.96 Å². The predicted molar refractivity (Wildman–Crippen MR) is 64.5 cm³/mol. The normalized spacial score (nSPS) is 13.0. The van der Waals surface area contributed by atoms with Crippen molar-refractivity contribution in [2.24, 2.45) is 0 Å². The molecule has 0 atom stereocenters. The second-order valence-electron chi connectivity index (χ2n) is 3.69. The van der Waals surface area contributed by atoms with Gasteiger partial charge >= 0.3 is 12.4 Å². The summed E-state index contributed by atoms with van der Waals surface area (Å²) in [6.45, 7) is 0. The van der Waals surface area contributed by atoms with Crippen LogP contribution in [0.1, 0.15) is 11.3 Å². The van der Waals surface area contributed by atoms with Crippen molar-refractivity contribution in [1.82, 2.24) is 4.98 Å². The van der Waals surface area contributed by atoms with E-state index in [0.717, 1.165) is 12.1 Å². The largest absolute Gasteiger partial charge is 0.434 e. The molecule has 1 aromatic heterocycles. The van der Waals surface area contributed by atoms with Crippen molar-refractivity contribution in [3.05, 3.63) is 39.1 Å². The van der Waals surface area contributed by atoms with E-state index in [1.165, 1.54) is 28.7 Å². The summed E-state index contributed by atoms with van der Waals surface area (Å²) in [7, 11) is 0. The molecule has 0 aliphatic rings. The molecule has 0 fully saturated rings. The van der Waals surface area contributed by atoms with Crippen LogP contribution in [0.5, 0.6) is 0 Å². The van der Waals surface area contributed by atoms with E-state index in [0.29, 0.717) is 6.07 Å². The highest BCUT2D eigenvalue weighted by atomic mass is 127. The molecule has 0 amide bonds. The number of rotatable bonds is 0. The van der Waals surface area contributed by atoms with Crippen molar-refractivity contribution in [3.8, 4) is 0 Å². The molecule has 102 valence electrons. The van der Waals surface area contributed by atoms with Gasteiger partial charge in [0.15, 0.2) is 5.69 Å². The van der Waals surface area contributed by atoms with Crippen molar-refractivity contribution in [2.75, 3.05) is 0 Å². The van der Waals surface area contributed by atoms with Crippen LogP contribution in [-0.2, 0) is 12.4 Å². The van der Waals surface area contributed by atoms with Crippen LogP contribution in [0.15, 0.2) is 24.3 Å². The van der Waals surface area contributed by atoms with Gasteiger partial charge < -0.3 is 0 Å². The lowest BCUT2D eigenvalue weighted by molar-refractivity contribution is -0.142. The summed E-state index contributed by atoms with van der Waals surface area (Å²) < 4.78 is 75.9. The molecule has 0 N–H and O–H groups in total. The molecule has 0 bridgehead atoms. The van der Waals surface area contributed by atoms with E-state index < -0.39 is 29.1 Å². The van der Waals surface area contributed by atoms with Crippen molar-refractivity contribution < 1.29 is 26.3 Å². The van der Waals surface area contributed by atoms with Gasteiger partial charge in [-0.05, 0) is 34.7 Å². The molecule has 2 rings (SSSR count). The maximum absolute atomic E-state index is 12.7. The molecule has 1 nitrogen and oxygen atoms in total. The summed E-state index contributed by atoms with van der Waals surface area (Å²) >= 11 is 1.40. The molecule has 0 saturated carbocycles. The zero-order chi connectivity index (χ0) is 14.4. The summed E-state index contributed by atoms with van der Waals surface area (Å²) in [6.07, 6.45) is -9.54. The third kappa shape index (κ3) is 2.77. The minimum atomic E-state index is -4.79. The Morgan fingerprint density at radius 1 is 0.947 bits per heavy atom. The lowest BCUT2D eigenvalue weighted by Gasteiger charge is -2.13. The molecule has 0 unspecified atom stereocenters. The average Bonchev–Trinajstić information content (AvgIpc) is 2.24. The summed E-state index contributed by atoms with van der Waals surface area (Å²) in [5.41, 5.74) is -3.17. The van der Waals surface area contributed by atoms with E-state index in [1.54, 1.807) is 0 Å². The number of hydrogen-bond acceptors (Lipinski definition) is 1. The first kappa shape index (κ1) is 14.4. The maximum atomic E-state index is 12.7. The number of nitrogens with zero attached hydrogens (tertiary/aromatic N) is 1. The Morgan fingerprint density at radius 3 is 2.11 bits per heavy atom. The van der Waals surface area contributed by atoms with Crippen molar-refractivity contribution in [3.63, 3.8) is 0 Å². The molecule has 0 aliphatic heterocycles. The van der Waals surface area contributed by atoms with E-state index >= 15 is 0 Å². The van der Waals surface area contributed by atoms with Gasteiger partial charge in [-0.25, -0.2) is 4.98 Å². The Kier molecular flexibility index (Phi) is 3.40. The number of alkyl halides is 6. The molecule has 19 heavy (non-hydrogen) atoms. The summed E-state index contributed by atoms with van der Waals surface area (Å²) in [5, 5.41) is 0.0206. The Bertz CT molecular complexity index is 631. The van der Waals surface area contributed by atoms with Crippen LogP contribution in [0.25, 0.3) is 10.9 Å². The molecule has 0 radical (unpaired) electrons. The SMILES string of the molecule is FC(F)(F)c1nc2c(C(F)(F)F)cccc2cc1I. The third-order valence-electron chi connectivity index (χ3n) is 2.37. The summed E-state index contributed by atoms with van der Waals surface area (Å²) in [4.78, 5) is 3.16. The van der Waals surface area contributed by atoms with Gasteiger partial charge in [-0.1, -0.05) is 12.1 Å². The third-order valence-corrected chi connectivity index (χ3v) is 3.20. The highest BCUT2D eigenvalue weighted by molar-refractivity contribution is 14.1. The zero-order valence-corrected chi connectivity index (χ0v) is 11.1. The van der Waals surface area contributed by atoms with Crippen LogP contribution in [0, 0.1) is 3.57 Å². The number of pyridine rings is 1. The number of para-hydroxylation sites is 1. The lowest BCUT2D eigenvalue weighted by Crippen LogP contribution is -2.13. The monoisotopic (exact) mass is 391 g/mol. The molecular weight excluding hydrogens is 387 g/mol. The number of halogens is 7. The minimum absolute atomic E-state index is 0.0206. The quantitative estimate of drug-likeness (QED) is 0.461. The van der Waals surface area contributed by atoms with Gasteiger partial charge in [0.25, 0.3) is 0 Å². The van der Waals surface area contributed by atoms with Crippen LogP contribution in [-0.4, -0.2) is 4.98 Å². The van der Waals surface area contributed by atoms with Gasteiger partial charge in [0.2, 0.25) is 0 Å². The molecule has 1 heterocycles. The Labute approximate surface area is 116 Å². The molecule has 8 heteroatoms. The number of fused-ring (bicyclic) bond motifs is 1. The fourth-order valence-electron chi connectivity index (χ4n) is 1.60.